The molecule has 7 nitrogen and oxygen atoms in total. The Balaban J connectivity index is 2.87. The molecular weight excluding hydrogens is 274 g/mol. The van der Waals surface area contributed by atoms with E-state index < -0.39 is 23.2 Å². The molecule has 0 fully saturated rings. The molecule has 1 rings (SSSR count). The van der Waals surface area contributed by atoms with Gasteiger partial charge in [-0.05, 0) is 39.0 Å². The van der Waals surface area contributed by atoms with Gasteiger partial charge in [-0.2, -0.15) is 0 Å². The largest absolute Gasteiger partial charge is 0.508 e. The number of hydrogen-bond acceptors (Lipinski definition) is 6. The van der Waals surface area contributed by atoms with E-state index in [4.69, 9.17) is 15.9 Å². The predicted molar refractivity (Wildman–Crippen MR) is 78.5 cm³/mol. The molecule has 0 saturated heterocycles. The lowest BCUT2D eigenvalue weighted by atomic mass is 10.1. The zero-order valence-corrected chi connectivity index (χ0v) is 12.2. The van der Waals surface area contributed by atoms with E-state index in [0.717, 1.165) is 0 Å². The monoisotopic (exact) mass is 293 g/mol. The smallest absolute Gasteiger partial charge is 0.325 e. The van der Waals surface area contributed by atoms with Crippen molar-refractivity contribution in [1.29, 1.82) is 5.41 Å². The fraction of sp³-hybridized carbons (Fsp3) is 0.357. The van der Waals surface area contributed by atoms with Crippen LogP contribution >= 0.6 is 0 Å². The highest BCUT2D eigenvalue weighted by Gasteiger charge is 2.18. The second-order valence-corrected chi connectivity index (χ2v) is 5.41. The number of carbonyl (C=O) groups excluding carboxylic acids is 2. The Labute approximate surface area is 122 Å². The molecule has 1 aromatic rings. The van der Waals surface area contributed by atoms with Crippen molar-refractivity contribution in [1.82, 2.24) is 0 Å². The molecule has 0 spiro atoms. The van der Waals surface area contributed by atoms with Crippen molar-refractivity contribution in [3.05, 3.63) is 23.8 Å². The summed E-state index contributed by atoms with van der Waals surface area (Å²) in [6, 6.07) is 4.05. The van der Waals surface area contributed by atoms with Crippen LogP contribution in [0.5, 0.6) is 5.75 Å². The normalized spacial score (nSPS) is 10.8. The lowest BCUT2D eigenvalue weighted by molar-refractivity contribution is -0.152. The number of aromatic hydroxyl groups is 1. The number of hydrogen-bond donors (Lipinski definition) is 4. The SMILES string of the molecule is CC(C)(C)OC(=O)CNc1ccc(O)cc1C(=N)C(N)=O. The van der Waals surface area contributed by atoms with Gasteiger partial charge in [-0.15, -0.1) is 0 Å². The summed E-state index contributed by atoms with van der Waals surface area (Å²) in [5.74, 6) is -1.52. The second kappa shape index (κ2) is 6.25. The van der Waals surface area contributed by atoms with Gasteiger partial charge >= 0.3 is 5.97 Å². The van der Waals surface area contributed by atoms with Crippen LogP contribution in [-0.4, -0.2) is 34.8 Å². The summed E-state index contributed by atoms with van der Waals surface area (Å²) in [4.78, 5) is 22.7. The van der Waals surface area contributed by atoms with E-state index in [2.05, 4.69) is 5.32 Å². The number of esters is 1. The summed E-state index contributed by atoms with van der Waals surface area (Å²) in [5, 5.41) is 19.8. The summed E-state index contributed by atoms with van der Waals surface area (Å²) in [6.45, 7) is 5.11. The Hall–Kier alpha value is -2.57. The minimum absolute atomic E-state index is 0.112. The van der Waals surface area contributed by atoms with Crippen LogP contribution in [0.2, 0.25) is 0 Å². The van der Waals surface area contributed by atoms with Crippen LogP contribution in [0.15, 0.2) is 18.2 Å². The van der Waals surface area contributed by atoms with Crippen molar-refractivity contribution in [2.24, 2.45) is 5.73 Å². The summed E-state index contributed by atoms with van der Waals surface area (Å²) in [6.07, 6.45) is 0. The molecule has 0 bridgehead atoms. The van der Waals surface area contributed by atoms with Gasteiger partial charge in [0, 0.05) is 11.3 Å². The number of carbonyl (C=O) groups is 2. The molecule has 0 aliphatic rings. The number of phenols is 1. The number of rotatable bonds is 5. The van der Waals surface area contributed by atoms with E-state index in [1.54, 1.807) is 20.8 Å². The molecule has 0 aliphatic carbocycles. The highest BCUT2D eigenvalue weighted by atomic mass is 16.6. The first-order chi connectivity index (χ1) is 9.60. The minimum atomic E-state index is -0.930. The van der Waals surface area contributed by atoms with E-state index >= 15 is 0 Å². The van der Waals surface area contributed by atoms with Crippen molar-refractivity contribution in [2.75, 3.05) is 11.9 Å². The maximum atomic E-state index is 11.6. The predicted octanol–water partition coefficient (Wildman–Crippen LogP) is 0.999. The van der Waals surface area contributed by atoms with Crippen molar-refractivity contribution in [2.45, 2.75) is 26.4 Å². The fourth-order valence-corrected chi connectivity index (χ4v) is 1.57. The maximum Gasteiger partial charge on any atom is 0.325 e. The number of nitrogens with two attached hydrogens (primary N) is 1. The Kier molecular flexibility index (Phi) is 4.91. The zero-order chi connectivity index (χ0) is 16.2. The third-order valence-corrected chi connectivity index (χ3v) is 2.36. The van der Waals surface area contributed by atoms with Crippen LogP contribution in [0.4, 0.5) is 5.69 Å². The summed E-state index contributed by atoms with van der Waals surface area (Å²) >= 11 is 0. The lowest BCUT2D eigenvalue weighted by Crippen LogP contribution is -2.29. The molecule has 5 N–H and O–H groups in total. The first kappa shape index (κ1) is 16.5. The average Bonchev–Trinajstić information content (AvgIpc) is 2.34. The molecule has 21 heavy (non-hydrogen) atoms. The van der Waals surface area contributed by atoms with Crippen LogP contribution in [0.25, 0.3) is 0 Å². The summed E-state index contributed by atoms with van der Waals surface area (Å²) in [7, 11) is 0. The molecule has 0 radical (unpaired) electrons. The van der Waals surface area contributed by atoms with E-state index in [1.807, 2.05) is 0 Å². The Morgan fingerprint density at radius 1 is 1.38 bits per heavy atom. The van der Waals surface area contributed by atoms with Gasteiger partial charge in [0.15, 0.2) is 0 Å². The summed E-state index contributed by atoms with van der Waals surface area (Å²) < 4.78 is 5.13. The first-order valence-electron chi connectivity index (χ1n) is 6.27. The van der Waals surface area contributed by atoms with Crippen LogP contribution in [-0.2, 0) is 14.3 Å². The van der Waals surface area contributed by atoms with Crippen molar-refractivity contribution < 1.29 is 19.4 Å². The van der Waals surface area contributed by atoms with Gasteiger partial charge in [0.25, 0.3) is 5.91 Å². The van der Waals surface area contributed by atoms with Gasteiger partial charge in [-0.1, -0.05) is 0 Å². The van der Waals surface area contributed by atoms with E-state index in [-0.39, 0.29) is 17.9 Å². The van der Waals surface area contributed by atoms with Crippen molar-refractivity contribution in [3.8, 4) is 5.75 Å². The van der Waals surface area contributed by atoms with Gasteiger partial charge < -0.3 is 20.9 Å². The molecule has 0 saturated carbocycles. The Morgan fingerprint density at radius 2 is 2.00 bits per heavy atom. The lowest BCUT2D eigenvalue weighted by Gasteiger charge is -2.20. The molecule has 0 aromatic heterocycles. The van der Waals surface area contributed by atoms with Gasteiger partial charge in [-0.3, -0.25) is 15.0 Å². The molecule has 7 heteroatoms. The van der Waals surface area contributed by atoms with Gasteiger partial charge in [-0.25, -0.2) is 0 Å². The Bertz CT molecular complexity index is 576. The minimum Gasteiger partial charge on any atom is -0.508 e. The summed E-state index contributed by atoms with van der Waals surface area (Å²) in [5.41, 5.74) is 4.45. The molecule has 0 atom stereocenters. The highest BCUT2D eigenvalue weighted by Crippen LogP contribution is 2.21. The molecule has 0 heterocycles. The van der Waals surface area contributed by atoms with Gasteiger partial charge in [0.05, 0.1) is 0 Å². The second-order valence-electron chi connectivity index (χ2n) is 5.41. The number of ether oxygens (including phenoxy) is 1. The average molecular weight is 293 g/mol. The number of nitrogens with one attached hydrogen (secondary N) is 2. The van der Waals surface area contributed by atoms with Crippen LogP contribution in [0, 0.1) is 5.41 Å². The standard InChI is InChI=1S/C14H19N3O4/c1-14(2,3)21-11(19)7-17-10-5-4-8(18)6-9(10)12(15)13(16)20/h4-6,15,17-18H,7H2,1-3H3,(H2,16,20). The molecule has 0 unspecified atom stereocenters. The van der Waals surface area contributed by atoms with Gasteiger partial charge in [0.1, 0.15) is 23.6 Å². The highest BCUT2D eigenvalue weighted by molar-refractivity contribution is 6.44. The topological polar surface area (TPSA) is 126 Å². The number of anilines is 1. The van der Waals surface area contributed by atoms with E-state index in [9.17, 15) is 14.7 Å². The first-order valence-corrected chi connectivity index (χ1v) is 6.27. The van der Waals surface area contributed by atoms with Gasteiger partial charge in [0.2, 0.25) is 0 Å². The van der Waals surface area contributed by atoms with Crippen LogP contribution in [0.1, 0.15) is 26.3 Å². The zero-order valence-electron chi connectivity index (χ0n) is 12.2. The van der Waals surface area contributed by atoms with Crippen LogP contribution in [0.3, 0.4) is 0 Å². The van der Waals surface area contributed by atoms with Crippen LogP contribution < -0.4 is 11.1 Å². The fourth-order valence-electron chi connectivity index (χ4n) is 1.57. The molecule has 1 amide bonds. The maximum absolute atomic E-state index is 11.6. The quantitative estimate of drug-likeness (QED) is 0.366. The van der Waals surface area contributed by atoms with Crippen molar-refractivity contribution in [3.63, 3.8) is 0 Å². The number of phenolic OH excluding ortho intramolecular Hbond substituents is 1. The van der Waals surface area contributed by atoms with Crippen molar-refractivity contribution >= 4 is 23.3 Å². The number of primary amides is 1. The van der Waals surface area contributed by atoms with E-state index in [1.165, 1.54) is 18.2 Å². The number of amides is 1. The molecule has 1 aromatic carbocycles. The molecule has 114 valence electrons. The third-order valence-electron chi connectivity index (χ3n) is 2.36. The third kappa shape index (κ3) is 5.13. The Morgan fingerprint density at radius 3 is 2.52 bits per heavy atom. The molecular formula is C14H19N3O4. The molecule has 0 aliphatic heterocycles. The van der Waals surface area contributed by atoms with E-state index in [0.29, 0.717) is 5.69 Å². The number of benzene rings is 1.